The lowest BCUT2D eigenvalue weighted by molar-refractivity contribution is 0.101. The van der Waals surface area contributed by atoms with Crippen LogP contribution >= 0.6 is 15.9 Å². The Labute approximate surface area is 158 Å². The number of benzene rings is 2. The Balaban J connectivity index is 2.08. The monoisotopic (exact) mass is 403 g/mol. The standard InChI is InChI=1S/C21H26BrNO2/c1-3-5-7-12-18(4-2)25-21(24)23-20-15-17(22)13-14-19(20)16-10-8-6-9-11-16/h6,8-11,13-15,18H,3-5,7,12H2,1-2H3,(H,23,24). The molecule has 0 saturated heterocycles. The number of anilines is 1. The Hall–Kier alpha value is -1.81. The van der Waals surface area contributed by atoms with E-state index in [1.807, 2.05) is 48.5 Å². The number of carbonyl (C=O) groups is 1. The van der Waals surface area contributed by atoms with Gasteiger partial charge in [-0.25, -0.2) is 4.79 Å². The zero-order valence-electron chi connectivity index (χ0n) is 14.9. The van der Waals surface area contributed by atoms with Gasteiger partial charge in [0.05, 0.1) is 5.69 Å². The first-order valence-electron chi connectivity index (χ1n) is 8.96. The van der Waals surface area contributed by atoms with Crippen molar-refractivity contribution in [2.45, 2.75) is 52.1 Å². The minimum absolute atomic E-state index is 0.0288. The smallest absolute Gasteiger partial charge is 0.411 e. The van der Waals surface area contributed by atoms with Crippen molar-refractivity contribution in [1.29, 1.82) is 0 Å². The van der Waals surface area contributed by atoms with Crippen LogP contribution in [0.2, 0.25) is 0 Å². The van der Waals surface area contributed by atoms with Gasteiger partial charge in [-0.15, -0.1) is 0 Å². The highest BCUT2D eigenvalue weighted by Gasteiger charge is 2.14. The summed E-state index contributed by atoms with van der Waals surface area (Å²) in [7, 11) is 0. The molecule has 0 fully saturated rings. The second-order valence-corrected chi connectivity index (χ2v) is 7.03. The number of ether oxygens (including phenoxy) is 1. The molecule has 0 saturated carbocycles. The lowest BCUT2D eigenvalue weighted by Gasteiger charge is -2.18. The number of amides is 1. The van der Waals surface area contributed by atoms with Crippen LogP contribution in [0.5, 0.6) is 0 Å². The summed E-state index contributed by atoms with van der Waals surface area (Å²) in [5, 5.41) is 2.91. The lowest BCUT2D eigenvalue weighted by Crippen LogP contribution is -2.22. The Kier molecular flexibility index (Phi) is 7.99. The number of carbonyl (C=O) groups excluding carboxylic acids is 1. The van der Waals surface area contributed by atoms with Crippen molar-refractivity contribution in [3.8, 4) is 11.1 Å². The maximum absolute atomic E-state index is 12.4. The van der Waals surface area contributed by atoms with E-state index in [-0.39, 0.29) is 6.10 Å². The number of halogens is 1. The summed E-state index contributed by atoms with van der Waals surface area (Å²) >= 11 is 3.47. The van der Waals surface area contributed by atoms with Gasteiger partial charge in [0.15, 0.2) is 0 Å². The lowest BCUT2D eigenvalue weighted by atomic mass is 10.0. The summed E-state index contributed by atoms with van der Waals surface area (Å²) in [6.45, 7) is 4.23. The molecule has 0 spiro atoms. The van der Waals surface area contributed by atoms with Gasteiger partial charge in [-0.3, -0.25) is 5.32 Å². The van der Waals surface area contributed by atoms with Crippen molar-refractivity contribution in [2.75, 3.05) is 5.32 Å². The molecule has 0 aliphatic rings. The Morgan fingerprint density at radius 2 is 1.88 bits per heavy atom. The van der Waals surface area contributed by atoms with Gasteiger partial charge in [0, 0.05) is 10.0 Å². The molecule has 2 rings (SSSR count). The van der Waals surface area contributed by atoms with E-state index in [1.165, 1.54) is 12.8 Å². The fourth-order valence-electron chi connectivity index (χ4n) is 2.75. The predicted octanol–water partition coefficient (Wildman–Crippen LogP) is 7.02. The van der Waals surface area contributed by atoms with E-state index in [9.17, 15) is 4.79 Å². The van der Waals surface area contributed by atoms with Gasteiger partial charge < -0.3 is 4.74 Å². The summed E-state index contributed by atoms with van der Waals surface area (Å²) in [4.78, 5) is 12.4. The van der Waals surface area contributed by atoms with Crippen molar-refractivity contribution in [3.05, 3.63) is 53.0 Å². The average Bonchev–Trinajstić information content (AvgIpc) is 2.62. The van der Waals surface area contributed by atoms with Crippen LogP contribution in [0.4, 0.5) is 10.5 Å². The first-order chi connectivity index (χ1) is 12.1. The second kappa shape index (κ2) is 10.2. The van der Waals surface area contributed by atoms with Crippen LogP contribution in [-0.2, 0) is 4.74 Å². The molecule has 3 nitrogen and oxygen atoms in total. The minimum atomic E-state index is -0.390. The summed E-state index contributed by atoms with van der Waals surface area (Å²) in [5.41, 5.74) is 2.77. The number of unbranched alkanes of at least 4 members (excludes halogenated alkanes) is 2. The second-order valence-electron chi connectivity index (χ2n) is 6.11. The topological polar surface area (TPSA) is 38.3 Å². The number of nitrogens with one attached hydrogen (secondary N) is 1. The summed E-state index contributed by atoms with van der Waals surface area (Å²) in [5.74, 6) is 0. The quantitative estimate of drug-likeness (QED) is 0.480. The Bertz CT molecular complexity index is 673. The molecule has 25 heavy (non-hydrogen) atoms. The van der Waals surface area contributed by atoms with E-state index in [0.29, 0.717) is 0 Å². The zero-order chi connectivity index (χ0) is 18.1. The number of hydrogen-bond donors (Lipinski definition) is 1. The van der Waals surface area contributed by atoms with Gasteiger partial charge in [0.25, 0.3) is 0 Å². The van der Waals surface area contributed by atoms with Crippen LogP contribution in [0.25, 0.3) is 11.1 Å². The molecule has 2 aromatic carbocycles. The maximum atomic E-state index is 12.4. The fourth-order valence-corrected chi connectivity index (χ4v) is 3.11. The van der Waals surface area contributed by atoms with Gasteiger partial charge in [0.1, 0.15) is 6.10 Å². The molecule has 134 valence electrons. The molecule has 1 atom stereocenters. The highest BCUT2D eigenvalue weighted by atomic mass is 79.9. The highest BCUT2D eigenvalue weighted by molar-refractivity contribution is 9.10. The summed E-state index contributed by atoms with van der Waals surface area (Å²) in [6.07, 6.45) is 4.77. The third kappa shape index (κ3) is 6.20. The minimum Gasteiger partial charge on any atom is -0.446 e. The van der Waals surface area contributed by atoms with Crippen molar-refractivity contribution in [3.63, 3.8) is 0 Å². The van der Waals surface area contributed by atoms with Crippen LogP contribution < -0.4 is 5.32 Å². The van der Waals surface area contributed by atoms with Crippen LogP contribution in [0.15, 0.2) is 53.0 Å². The summed E-state index contributed by atoms with van der Waals surface area (Å²) < 4.78 is 6.53. The van der Waals surface area contributed by atoms with Gasteiger partial charge >= 0.3 is 6.09 Å². The number of hydrogen-bond acceptors (Lipinski definition) is 2. The normalized spacial score (nSPS) is 11.8. The van der Waals surface area contributed by atoms with E-state index in [2.05, 4.69) is 35.1 Å². The zero-order valence-corrected chi connectivity index (χ0v) is 16.5. The molecule has 1 N–H and O–H groups in total. The van der Waals surface area contributed by atoms with E-state index < -0.39 is 6.09 Å². The molecule has 0 aliphatic carbocycles. The third-order valence-electron chi connectivity index (χ3n) is 4.16. The Morgan fingerprint density at radius 3 is 2.56 bits per heavy atom. The Morgan fingerprint density at radius 1 is 1.12 bits per heavy atom. The molecule has 0 radical (unpaired) electrons. The van der Waals surface area contributed by atoms with Crippen LogP contribution in [0.3, 0.4) is 0 Å². The van der Waals surface area contributed by atoms with Crippen molar-refractivity contribution in [1.82, 2.24) is 0 Å². The van der Waals surface area contributed by atoms with E-state index in [0.717, 1.165) is 40.5 Å². The van der Waals surface area contributed by atoms with Crippen LogP contribution in [-0.4, -0.2) is 12.2 Å². The highest BCUT2D eigenvalue weighted by Crippen LogP contribution is 2.31. The largest absolute Gasteiger partial charge is 0.446 e. The molecular weight excluding hydrogens is 378 g/mol. The molecule has 0 aromatic heterocycles. The van der Waals surface area contributed by atoms with Gasteiger partial charge in [0.2, 0.25) is 0 Å². The van der Waals surface area contributed by atoms with Crippen molar-refractivity contribution in [2.24, 2.45) is 0 Å². The van der Waals surface area contributed by atoms with Crippen LogP contribution in [0, 0.1) is 0 Å². The van der Waals surface area contributed by atoms with Crippen molar-refractivity contribution < 1.29 is 9.53 Å². The maximum Gasteiger partial charge on any atom is 0.411 e. The molecule has 0 aliphatic heterocycles. The van der Waals surface area contributed by atoms with E-state index in [4.69, 9.17) is 4.74 Å². The van der Waals surface area contributed by atoms with Crippen LogP contribution in [0.1, 0.15) is 46.0 Å². The van der Waals surface area contributed by atoms with Gasteiger partial charge in [-0.2, -0.15) is 0 Å². The van der Waals surface area contributed by atoms with E-state index in [1.54, 1.807) is 0 Å². The predicted molar refractivity (Wildman–Crippen MR) is 108 cm³/mol. The van der Waals surface area contributed by atoms with Crippen molar-refractivity contribution >= 4 is 27.7 Å². The first kappa shape index (κ1) is 19.5. The number of rotatable bonds is 8. The molecular formula is C21H26BrNO2. The average molecular weight is 404 g/mol. The molecule has 2 aromatic rings. The molecule has 1 amide bonds. The first-order valence-corrected chi connectivity index (χ1v) is 9.76. The molecule has 1 unspecified atom stereocenters. The summed E-state index contributed by atoms with van der Waals surface area (Å²) in [6, 6.07) is 15.9. The molecule has 0 heterocycles. The van der Waals surface area contributed by atoms with E-state index >= 15 is 0 Å². The fraction of sp³-hybridized carbons (Fsp3) is 0.381. The third-order valence-corrected chi connectivity index (χ3v) is 4.66. The molecule has 4 heteroatoms. The van der Waals surface area contributed by atoms with Gasteiger partial charge in [-0.05, 0) is 37.0 Å². The SMILES string of the molecule is CCCCCC(CC)OC(=O)Nc1cc(Br)ccc1-c1ccccc1. The molecule has 0 bridgehead atoms. The van der Waals surface area contributed by atoms with Gasteiger partial charge in [-0.1, -0.05) is 79.0 Å².